The van der Waals surface area contributed by atoms with Gasteiger partial charge < -0.3 is 9.64 Å². The topological polar surface area (TPSA) is 15.7 Å². The quantitative estimate of drug-likeness (QED) is 0.668. The standard InChI is InChI=1S/C23H30F2N2O/c1-26-12-9-19(10-13-26)16-27(17-20-5-6-21(24)15-23(20)25)14-11-18-3-7-22(28-2)8-4-18/h3-8,15,19H,9-14,16-17H2,1-2H3. The molecular formula is C23H30F2N2O. The Bertz CT molecular complexity index is 743. The minimum atomic E-state index is -0.527. The van der Waals surface area contributed by atoms with Crippen molar-refractivity contribution in [1.82, 2.24) is 9.80 Å². The molecule has 1 aliphatic heterocycles. The van der Waals surface area contributed by atoms with Crippen LogP contribution in [-0.4, -0.2) is 50.1 Å². The molecular weight excluding hydrogens is 358 g/mol. The van der Waals surface area contributed by atoms with Gasteiger partial charge in [0.1, 0.15) is 17.4 Å². The van der Waals surface area contributed by atoms with E-state index in [-0.39, 0.29) is 0 Å². The summed E-state index contributed by atoms with van der Waals surface area (Å²) in [6.45, 7) is 4.52. The van der Waals surface area contributed by atoms with Crippen LogP contribution in [0.5, 0.6) is 5.75 Å². The molecule has 152 valence electrons. The summed E-state index contributed by atoms with van der Waals surface area (Å²) in [5.41, 5.74) is 1.79. The smallest absolute Gasteiger partial charge is 0.130 e. The molecule has 0 radical (unpaired) electrons. The summed E-state index contributed by atoms with van der Waals surface area (Å²) >= 11 is 0. The van der Waals surface area contributed by atoms with E-state index in [4.69, 9.17) is 4.74 Å². The Morgan fingerprint density at radius 1 is 1.07 bits per heavy atom. The number of nitrogens with zero attached hydrogens (tertiary/aromatic N) is 2. The number of piperidine rings is 1. The Morgan fingerprint density at radius 3 is 2.43 bits per heavy atom. The van der Waals surface area contributed by atoms with Gasteiger partial charge in [-0.3, -0.25) is 4.90 Å². The van der Waals surface area contributed by atoms with Gasteiger partial charge in [0.05, 0.1) is 7.11 Å². The van der Waals surface area contributed by atoms with Crippen molar-refractivity contribution in [1.29, 1.82) is 0 Å². The SMILES string of the molecule is COc1ccc(CCN(Cc2ccc(F)cc2F)CC2CCN(C)CC2)cc1. The summed E-state index contributed by atoms with van der Waals surface area (Å²) in [6.07, 6.45) is 3.22. The zero-order chi connectivity index (χ0) is 19.9. The average molecular weight is 389 g/mol. The number of benzene rings is 2. The van der Waals surface area contributed by atoms with Crippen molar-refractivity contribution in [3.8, 4) is 5.75 Å². The van der Waals surface area contributed by atoms with E-state index in [1.165, 1.54) is 24.5 Å². The summed E-state index contributed by atoms with van der Waals surface area (Å²) in [5, 5.41) is 0. The molecule has 0 aliphatic carbocycles. The van der Waals surface area contributed by atoms with Crippen molar-refractivity contribution in [2.45, 2.75) is 25.8 Å². The first-order valence-electron chi connectivity index (χ1n) is 10.0. The van der Waals surface area contributed by atoms with Crippen LogP contribution in [0.25, 0.3) is 0 Å². The fourth-order valence-electron chi connectivity index (χ4n) is 3.81. The lowest BCUT2D eigenvalue weighted by Gasteiger charge is -2.33. The van der Waals surface area contributed by atoms with Crippen molar-refractivity contribution in [2.75, 3.05) is 40.3 Å². The number of halogens is 2. The van der Waals surface area contributed by atoms with Crippen LogP contribution < -0.4 is 4.74 Å². The van der Waals surface area contributed by atoms with Crippen molar-refractivity contribution in [2.24, 2.45) is 5.92 Å². The van der Waals surface area contributed by atoms with Gasteiger partial charge >= 0.3 is 0 Å². The summed E-state index contributed by atoms with van der Waals surface area (Å²) in [7, 11) is 3.82. The first kappa shape index (κ1) is 20.7. The third-order valence-corrected chi connectivity index (χ3v) is 5.64. The molecule has 2 aromatic rings. The molecule has 3 nitrogen and oxygen atoms in total. The summed E-state index contributed by atoms with van der Waals surface area (Å²) in [4.78, 5) is 4.67. The van der Waals surface area contributed by atoms with Crippen molar-refractivity contribution in [3.05, 3.63) is 65.2 Å². The van der Waals surface area contributed by atoms with Crippen molar-refractivity contribution >= 4 is 0 Å². The Hall–Kier alpha value is -1.98. The van der Waals surface area contributed by atoms with Gasteiger partial charge in [-0.05, 0) is 69.1 Å². The highest BCUT2D eigenvalue weighted by atomic mass is 19.1. The van der Waals surface area contributed by atoms with Crippen LogP contribution in [0.15, 0.2) is 42.5 Å². The second-order valence-corrected chi connectivity index (χ2v) is 7.82. The molecule has 0 aromatic heterocycles. The molecule has 0 N–H and O–H groups in total. The summed E-state index contributed by atoms with van der Waals surface area (Å²) < 4.78 is 32.7. The number of hydrogen-bond acceptors (Lipinski definition) is 3. The monoisotopic (exact) mass is 388 g/mol. The van der Waals surface area contributed by atoms with Crippen LogP contribution in [0.1, 0.15) is 24.0 Å². The second kappa shape index (κ2) is 9.99. The Balaban J connectivity index is 1.65. The molecule has 1 fully saturated rings. The van der Waals surface area contributed by atoms with Gasteiger partial charge in [0.25, 0.3) is 0 Å². The Kier molecular flexibility index (Phi) is 7.40. The number of ether oxygens (including phenoxy) is 1. The van der Waals surface area contributed by atoms with Crippen LogP contribution in [0.2, 0.25) is 0 Å². The van der Waals surface area contributed by atoms with E-state index in [9.17, 15) is 8.78 Å². The van der Waals surface area contributed by atoms with E-state index >= 15 is 0 Å². The van der Waals surface area contributed by atoms with E-state index < -0.39 is 11.6 Å². The summed E-state index contributed by atoms with van der Waals surface area (Å²) in [6, 6.07) is 12.0. The Morgan fingerprint density at radius 2 is 1.79 bits per heavy atom. The lowest BCUT2D eigenvalue weighted by molar-refractivity contribution is 0.156. The molecule has 1 heterocycles. The fraction of sp³-hybridized carbons (Fsp3) is 0.478. The zero-order valence-electron chi connectivity index (χ0n) is 16.8. The Labute approximate surface area is 166 Å². The van der Waals surface area contributed by atoms with Crippen molar-refractivity contribution < 1.29 is 13.5 Å². The van der Waals surface area contributed by atoms with Crippen LogP contribution >= 0.6 is 0 Å². The van der Waals surface area contributed by atoms with Crippen LogP contribution in [-0.2, 0) is 13.0 Å². The van der Waals surface area contributed by atoms with Gasteiger partial charge in [-0.15, -0.1) is 0 Å². The molecule has 0 atom stereocenters. The number of methoxy groups -OCH3 is 1. The fourth-order valence-corrected chi connectivity index (χ4v) is 3.81. The van der Waals surface area contributed by atoms with E-state index in [2.05, 4.69) is 29.0 Å². The van der Waals surface area contributed by atoms with Crippen LogP contribution in [0.3, 0.4) is 0 Å². The van der Waals surface area contributed by atoms with Crippen LogP contribution in [0, 0.1) is 17.6 Å². The molecule has 5 heteroatoms. The zero-order valence-corrected chi connectivity index (χ0v) is 16.8. The molecule has 0 bridgehead atoms. The molecule has 1 aliphatic rings. The van der Waals surface area contributed by atoms with Gasteiger partial charge in [0.15, 0.2) is 0 Å². The molecule has 28 heavy (non-hydrogen) atoms. The first-order chi connectivity index (χ1) is 13.5. The van der Waals surface area contributed by atoms with E-state index in [1.807, 2.05) is 12.1 Å². The maximum Gasteiger partial charge on any atom is 0.130 e. The molecule has 0 unspecified atom stereocenters. The summed E-state index contributed by atoms with van der Waals surface area (Å²) in [5.74, 6) is 0.482. The van der Waals surface area contributed by atoms with E-state index in [0.717, 1.165) is 44.4 Å². The largest absolute Gasteiger partial charge is 0.497 e. The molecule has 3 rings (SSSR count). The van der Waals surface area contributed by atoms with Gasteiger partial charge in [-0.25, -0.2) is 8.78 Å². The highest BCUT2D eigenvalue weighted by Gasteiger charge is 2.20. The second-order valence-electron chi connectivity index (χ2n) is 7.82. The number of hydrogen-bond donors (Lipinski definition) is 0. The maximum atomic E-state index is 14.2. The highest BCUT2D eigenvalue weighted by Crippen LogP contribution is 2.20. The predicted octanol–water partition coefficient (Wildman–Crippen LogP) is 4.36. The maximum absolute atomic E-state index is 14.2. The number of rotatable bonds is 8. The predicted molar refractivity (Wildman–Crippen MR) is 109 cm³/mol. The third-order valence-electron chi connectivity index (χ3n) is 5.64. The molecule has 0 spiro atoms. The van der Waals surface area contributed by atoms with Gasteiger partial charge in [0, 0.05) is 31.3 Å². The lowest BCUT2D eigenvalue weighted by Crippen LogP contribution is -2.37. The molecule has 2 aromatic carbocycles. The number of likely N-dealkylation sites (tertiary alicyclic amines) is 1. The third kappa shape index (κ3) is 6.01. The first-order valence-corrected chi connectivity index (χ1v) is 10.0. The normalized spacial score (nSPS) is 15.9. The van der Waals surface area contributed by atoms with Gasteiger partial charge in [-0.1, -0.05) is 18.2 Å². The van der Waals surface area contributed by atoms with Gasteiger partial charge in [0.2, 0.25) is 0 Å². The van der Waals surface area contributed by atoms with E-state index in [0.29, 0.717) is 18.0 Å². The minimum Gasteiger partial charge on any atom is -0.497 e. The minimum absolute atomic E-state index is 0.460. The van der Waals surface area contributed by atoms with Crippen LogP contribution in [0.4, 0.5) is 8.78 Å². The average Bonchev–Trinajstić information content (AvgIpc) is 2.70. The lowest BCUT2D eigenvalue weighted by atomic mass is 9.96. The van der Waals surface area contributed by atoms with E-state index in [1.54, 1.807) is 13.2 Å². The molecule has 0 amide bonds. The molecule has 1 saturated heterocycles. The van der Waals surface area contributed by atoms with Gasteiger partial charge in [-0.2, -0.15) is 0 Å². The highest BCUT2D eigenvalue weighted by molar-refractivity contribution is 5.27. The molecule has 0 saturated carbocycles. The van der Waals surface area contributed by atoms with Crippen molar-refractivity contribution in [3.63, 3.8) is 0 Å².